The molecule has 0 aliphatic heterocycles. The summed E-state index contributed by atoms with van der Waals surface area (Å²) in [4.78, 5) is 16.3. The van der Waals surface area contributed by atoms with Crippen LogP contribution in [0.4, 0.5) is 0 Å². The Balaban J connectivity index is 1.90. The molecular formula is C17H22N2O2. The van der Waals surface area contributed by atoms with Crippen LogP contribution in [-0.4, -0.2) is 29.1 Å². The van der Waals surface area contributed by atoms with Gasteiger partial charge in [0.1, 0.15) is 0 Å². The number of pyridine rings is 1. The zero-order valence-corrected chi connectivity index (χ0v) is 12.6. The van der Waals surface area contributed by atoms with Crippen LogP contribution in [0.2, 0.25) is 0 Å². The van der Waals surface area contributed by atoms with Gasteiger partial charge in [0.15, 0.2) is 0 Å². The summed E-state index contributed by atoms with van der Waals surface area (Å²) in [5, 5.41) is 13.1. The molecule has 2 aromatic rings. The Morgan fingerprint density at radius 1 is 1.33 bits per heavy atom. The number of benzene rings is 1. The van der Waals surface area contributed by atoms with E-state index < -0.39 is 0 Å². The molecule has 1 heterocycles. The SMILES string of the molecule is CC(C)(CO)CCCNC(=O)c1ccc2ncccc2c1. The van der Waals surface area contributed by atoms with Gasteiger partial charge >= 0.3 is 0 Å². The quantitative estimate of drug-likeness (QED) is 0.803. The molecule has 112 valence electrons. The number of aliphatic hydroxyl groups is 1. The van der Waals surface area contributed by atoms with Gasteiger partial charge in [0.2, 0.25) is 0 Å². The number of nitrogens with zero attached hydrogens (tertiary/aromatic N) is 1. The molecule has 0 spiro atoms. The van der Waals surface area contributed by atoms with Gasteiger partial charge in [0, 0.05) is 30.3 Å². The highest BCUT2D eigenvalue weighted by Crippen LogP contribution is 2.20. The number of amides is 1. The predicted octanol–water partition coefficient (Wildman–Crippen LogP) is 2.76. The molecule has 1 amide bonds. The normalized spacial score (nSPS) is 11.6. The van der Waals surface area contributed by atoms with Crippen LogP contribution in [0, 0.1) is 5.41 Å². The average molecular weight is 286 g/mol. The predicted molar refractivity (Wildman–Crippen MR) is 84.2 cm³/mol. The minimum Gasteiger partial charge on any atom is -0.396 e. The van der Waals surface area contributed by atoms with Crippen molar-refractivity contribution in [3.8, 4) is 0 Å². The molecule has 0 radical (unpaired) electrons. The van der Waals surface area contributed by atoms with Crippen LogP contribution in [0.15, 0.2) is 36.5 Å². The first kappa shape index (κ1) is 15.4. The molecule has 4 heteroatoms. The summed E-state index contributed by atoms with van der Waals surface area (Å²) in [5.74, 6) is -0.0671. The molecule has 1 aromatic heterocycles. The molecule has 0 saturated carbocycles. The van der Waals surface area contributed by atoms with Crippen LogP contribution in [0.25, 0.3) is 10.9 Å². The van der Waals surface area contributed by atoms with Gasteiger partial charge in [-0.15, -0.1) is 0 Å². The van der Waals surface area contributed by atoms with E-state index in [0.717, 1.165) is 23.7 Å². The van der Waals surface area contributed by atoms with E-state index in [-0.39, 0.29) is 17.9 Å². The highest BCUT2D eigenvalue weighted by atomic mass is 16.3. The van der Waals surface area contributed by atoms with Crippen molar-refractivity contribution in [3.05, 3.63) is 42.1 Å². The number of aliphatic hydroxyl groups excluding tert-OH is 1. The maximum atomic E-state index is 12.1. The number of hydrogen-bond acceptors (Lipinski definition) is 3. The van der Waals surface area contributed by atoms with E-state index in [2.05, 4.69) is 10.3 Å². The number of fused-ring (bicyclic) bond motifs is 1. The van der Waals surface area contributed by atoms with Crippen molar-refractivity contribution in [2.45, 2.75) is 26.7 Å². The van der Waals surface area contributed by atoms with E-state index in [0.29, 0.717) is 12.1 Å². The molecule has 0 aliphatic rings. The van der Waals surface area contributed by atoms with Crippen LogP contribution in [-0.2, 0) is 0 Å². The van der Waals surface area contributed by atoms with Gasteiger partial charge in [0.05, 0.1) is 5.52 Å². The Kier molecular flexibility index (Phi) is 4.91. The third kappa shape index (κ3) is 4.26. The number of nitrogens with one attached hydrogen (secondary N) is 1. The Morgan fingerprint density at radius 3 is 2.90 bits per heavy atom. The summed E-state index contributed by atoms with van der Waals surface area (Å²) in [6.45, 7) is 4.82. The van der Waals surface area contributed by atoms with Crippen LogP contribution in [0.5, 0.6) is 0 Å². The van der Waals surface area contributed by atoms with E-state index in [1.165, 1.54) is 0 Å². The maximum absolute atomic E-state index is 12.1. The lowest BCUT2D eigenvalue weighted by Gasteiger charge is -2.21. The van der Waals surface area contributed by atoms with Crippen molar-refractivity contribution in [3.63, 3.8) is 0 Å². The van der Waals surface area contributed by atoms with Gasteiger partial charge in [-0.25, -0.2) is 0 Å². The largest absolute Gasteiger partial charge is 0.396 e. The van der Waals surface area contributed by atoms with E-state index in [1.54, 1.807) is 12.3 Å². The number of aromatic nitrogens is 1. The number of hydrogen-bond donors (Lipinski definition) is 2. The number of carbonyl (C=O) groups is 1. The lowest BCUT2D eigenvalue weighted by molar-refractivity contribution is 0.0948. The Bertz CT molecular complexity index is 623. The Morgan fingerprint density at radius 2 is 2.14 bits per heavy atom. The van der Waals surface area contributed by atoms with Gasteiger partial charge in [-0.2, -0.15) is 0 Å². The second-order valence-electron chi connectivity index (χ2n) is 6.09. The smallest absolute Gasteiger partial charge is 0.251 e. The summed E-state index contributed by atoms with van der Waals surface area (Å²) in [7, 11) is 0. The van der Waals surface area contributed by atoms with Crippen LogP contribution in [0.1, 0.15) is 37.0 Å². The van der Waals surface area contributed by atoms with Crippen molar-refractivity contribution in [2.24, 2.45) is 5.41 Å². The standard InChI is InChI=1S/C17H22N2O2/c1-17(2,12-20)8-4-10-19-16(21)14-6-7-15-13(11-14)5-3-9-18-15/h3,5-7,9,11,20H,4,8,10,12H2,1-2H3,(H,19,21). The molecule has 4 nitrogen and oxygen atoms in total. The topological polar surface area (TPSA) is 62.2 Å². The van der Waals surface area contributed by atoms with Gasteiger partial charge in [-0.05, 0) is 42.5 Å². The van der Waals surface area contributed by atoms with Gasteiger partial charge < -0.3 is 10.4 Å². The molecule has 0 atom stereocenters. The second kappa shape index (κ2) is 6.68. The van der Waals surface area contributed by atoms with Crippen molar-refractivity contribution in [1.29, 1.82) is 0 Å². The van der Waals surface area contributed by atoms with E-state index >= 15 is 0 Å². The summed E-state index contributed by atoms with van der Waals surface area (Å²) in [6.07, 6.45) is 3.48. The minimum absolute atomic E-state index is 0.0671. The van der Waals surface area contributed by atoms with E-state index in [9.17, 15) is 9.90 Å². The highest BCUT2D eigenvalue weighted by Gasteiger charge is 2.15. The Labute approximate surface area is 125 Å². The summed E-state index contributed by atoms with van der Waals surface area (Å²) in [6, 6.07) is 9.32. The zero-order chi connectivity index (χ0) is 15.3. The van der Waals surface area contributed by atoms with Crippen LogP contribution in [0.3, 0.4) is 0 Å². The molecule has 0 aliphatic carbocycles. The fraction of sp³-hybridized carbons (Fsp3) is 0.412. The first-order chi connectivity index (χ1) is 10.0. The minimum atomic E-state index is -0.0840. The fourth-order valence-electron chi connectivity index (χ4n) is 2.17. The summed E-state index contributed by atoms with van der Waals surface area (Å²) in [5.41, 5.74) is 1.45. The fourth-order valence-corrected chi connectivity index (χ4v) is 2.17. The van der Waals surface area contributed by atoms with E-state index in [1.807, 2.05) is 38.1 Å². The third-order valence-corrected chi connectivity index (χ3v) is 3.61. The molecule has 0 unspecified atom stereocenters. The Hall–Kier alpha value is -1.94. The summed E-state index contributed by atoms with van der Waals surface area (Å²) >= 11 is 0. The molecule has 0 bridgehead atoms. The molecule has 2 rings (SSSR count). The maximum Gasteiger partial charge on any atom is 0.251 e. The lowest BCUT2D eigenvalue weighted by Crippen LogP contribution is -2.26. The van der Waals surface area contributed by atoms with Gasteiger partial charge in [-0.1, -0.05) is 19.9 Å². The van der Waals surface area contributed by atoms with Gasteiger partial charge in [0.25, 0.3) is 5.91 Å². The lowest BCUT2D eigenvalue weighted by atomic mass is 9.89. The molecule has 2 N–H and O–H groups in total. The summed E-state index contributed by atoms with van der Waals surface area (Å²) < 4.78 is 0. The molecule has 1 aromatic carbocycles. The van der Waals surface area contributed by atoms with Crippen molar-refractivity contribution >= 4 is 16.8 Å². The third-order valence-electron chi connectivity index (χ3n) is 3.61. The molecule has 0 saturated heterocycles. The molecule has 21 heavy (non-hydrogen) atoms. The van der Waals surface area contributed by atoms with E-state index in [4.69, 9.17) is 0 Å². The average Bonchev–Trinajstić information content (AvgIpc) is 2.51. The first-order valence-corrected chi connectivity index (χ1v) is 7.26. The second-order valence-corrected chi connectivity index (χ2v) is 6.09. The number of rotatable bonds is 6. The first-order valence-electron chi connectivity index (χ1n) is 7.26. The monoisotopic (exact) mass is 286 g/mol. The highest BCUT2D eigenvalue weighted by molar-refractivity contribution is 5.97. The van der Waals surface area contributed by atoms with Crippen LogP contribution < -0.4 is 5.32 Å². The zero-order valence-electron chi connectivity index (χ0n) is 12.6. The van der Waals surface area contributed by atoms with Crippen LogP contribution >= 0.6 is 0 Å². The molecule has 0 fully saturated rings. The van der Waals surface area contributed by atoms with Gasteiger partial charge in [-0.3, -0.25) is 9.78 Å². The molecular weight excluding hydrogens is 264 g/mol. The van der Waals surface area contributed by atoms with Crippen molar-refractivity contribution < 1.29 is 9.90 Å². The van der Waals surface area contributed by atoms with Crippen molar-refractivity contribution in [2.75, 3.05) is 13.2 Å². The van der Waals surface area contributed by atoms with Crippen molar-refractivity contribution in [1.82, 2.24) is 10.3 Å². The number of carbonyl (C=O) groups excluding carboxylic acids is 1.